The average Bonchev–Trinajstić information content (AvgIpc) is 3.21. The molecular weight excluding hydrogens is 479 g/mol. The second-order valence-corrected chi connectivity index (χ2v) is 8.59. The first-order chi connectivity index (χ1) is 16.0. The lowest BCUT2D eigenvalue weighted by molar-refractivity contribution is 0.578. The van der Waals surface area contributed by atoms with Crippen molar-refractivity contribution in [3.63, 3.8) is 0 Å². The first-order valence-electron chi connectivity index (χ1n) is 10.8. The highest BCUT2D eigenvalue weighted by Crippen LogP contribution is 2.40. The zero-order valence-corrected chi connectivity index (χ0v) is 19.9. The number of benzene rings is 2. The summed E-state index contributed by atoms with van der Waals surface area (Å²) < 4.78 is 29.7. The number of hydrogen-bond donors (Lipinski definition) is 1. The third-order valence-electron chi connectivity index (χ3n) is 6.15. The highest BCUT2D eigenvalue weighted by molar-refractivity contribution is 6.31. The molecule has 2 aromatic heterocycles. The largest absolute Gasteiger partial charge is 0.372 e. The van der Waals surface area contributed by atoms with Crippen LogP contribution in [0.4, 0.5) is 14.5 Å². The van der Waals surface area contributed by atoms with E-state index in [2.05, 4.69) is 26.2 Å². The molecule has 2 aromatic carbocycles. The number of rotatable bonds is 3. The summed E-state index contributed by atoms with van der Waals surface area (Å²) in [5, 5.41) is 17.6. The number of aromatic nitrogens is 3. The predicted octanol–water partition coefficient (Wildman–Crippen LogP) is 6.82. The fourth-order valence-corrected chi connectivity index (χ4v) is 4.67. The number of piperidine rings is 1. The summed E-state index contributed by atoms with van der Waals surface area (Å²) in [6.45, 7) is 3.85. The molecule has 0 bridgehead atoms. The van der Waals surface area contributed by atoms with Gasteiger partial charge in [0, 0.05) is 30.0 Å². The summed E-state index contributed by atoms with van der Waals surface area (Å²) in [5.74, 6) is -1.81. The maximum Gasteiger partial charge on any atom is 0.182 e. The third-order valence-corrected chi connectivity index (χ3v) is 6.44. The molecule has 1 aliphatic rings. The molecule has 3 heterocycles. The number of H-pyrrole nitrogens is 1. The van der Waals surface area contributed by atoms with Gasteiger partial charge in [0.1, 0.15) is 11.9 Å². The quantitative estimate of drug-likeness (QED) is 0.314. The number of halogens is 4. The zero-order valence-electron chi connectivity index (χ0n) is 18.3. The number of pyridine rings is 1. The van der Waals surface area contributed by atoms with Crippen molar-refractivity contribution in [3.05, 3.63) is 64.3 Å². The van der Waals surface area contributed by atoms with Crippen LogP contribution >= 0.6 is 24.0 Å². The van der Waals surface area contributed by atoms with E-state index in [1.165, 1.54) is 19.3 Å². The fourth-order valence-electron chi connectivity index (χ4n) is 4.52. The maximum absolute atomic E-state index is 14.9. The molecule has 1 saturated heterocycles. The molecule has 0 saturated carbocycles. The number of aryl methyl sites for hydroxylation is 1. The highest BCUT2D eigenvalue weighted by atomic mass is 35.5. The molecule has 0 radical (unpaired) electrons. The Balaban J connectivity index is 0.00000274. The summed E-state index contributed by atoms with van der Waals surface area (Å²) in [5.41, 5.74) is 2.88. The van der Waals surface area contributed by atoms with Gasteiger partial charge in [0.2, 0.25) is 0 Å². The van der Waals surface area contributed by atoms with Crippen molar-refractivity contribution in [3.8, 4) is 28.5 Å². The van der Waals surface area contributed by atoms with E-state index in [1.807, 2.05) is 31.2 Å². The lowest BCUT2D eigenvalue weighted by Crippen LogP contribution is -2.29. The van der Waals surface area contributed by atoms with E-state index in [-0.39, 0.29) is 34.3 Å². The molecule has 0 unspecified atom stereocenters. The van der Waals surface area contributed by atoms with Gasteiger partial charge in [-0.15, -0.1) is 12.4 Å². The van der Waals surface area contributed by atoms with Gasteiger partial charge in [0.05, 0.1) is 27.2 Å². The van der Waals surface area contributed by atoms with E-state index < -0.39 is 17.2 Å². The Bertz CT molecular complexity index is 1400. The predicted molar refractivity (Wildman–Crippen MR) is 132 cm³/mol. The second-order valence-electron chi connectivity index (χ2n) is 8.18. The number of nitrogens with zero attached hydrogens (tertiary/aromatic N) is 4. The van der Waals surface area contributed by atoms with Gasteiger partial charge < -0.3 is 4.90 Å². The molecule has 1 fully saturated rings. The number of nitrogens with one attached hydrogen (secondary N) is 1. The number of hydrogen-bond acceptors (Lipinski definition) is 4. The van der Waals surface area contributed by atoms with E-state index in [1.54, 1.807) is 0 Å². The van der Waals surface area contributed by atoms with Crippen molar-refractivity contribution in [2.24, 2.45) is 0 Å². The van der Waals surface area contributed by atoms with Crippen molar-refractivity contribution in [1.29, 1.82) is 5.26 Å². The van der Waals surface area contributed by atoms with Crippen LogP contribution in [0, 0.1) is 29.9 Å². The van der Waals surface area contributed by atoms with Crippen LogP contribution in [-0.2, 0) is 0 Å². The van der Waals surface area contributed by atoms with Crippen LogP contribution < -0.4 is 4.90 Å². The molecule has 34 heavy (non-hydrogen) atoms. The Morgan fingerprint density at radius 1 is 1.03 bits per heavy atom. The van der Waals surface area contributed by atoms with Crippen molar-refractivity contribution in [1.82, 2.24) is 15.2 Å². The van der Waals surface area contributed by atoms with Crippen LogP contribution in [0.25, 0.3) is 33.4 Å². The Kier molecular flexibility index (Phi) is 6.74. The minimum absolute atomic E-state index is 0. The smallest absolute Gasteiger partial charge is 0.182 e. The van der Waals surface area contributed by atoms with E-state index >= 15 is 0 Å². The van der Waals surface area contributed by atoms with E-state index in [9.17, 15) is 14.0 Å². The third kappa shape index (κ3) is 3.97. The highest BCUT2D eigenvalue weighted by Gasteiger charge is 2.26. The average molecular weight is 500 g/mol. The molecular formula is C25H21Cl2F2N5. The van der Waals surface area contributed by atoms with Gasteiger partial charge in [-0.2, -0.15) is 10.4 Å². The molecule has 0 amide bonds. The van der Waals surface area contributed by atoms with Crippen LogP contribution in [0.3, 0.4) is 0 Å². The van der Waals surface area contributed by atoms with Crippen molar-refractivity contribution in [2.45, 2.75) is 26.2 Å². The zero-order chi connectivity index (χ0) is 23.1. The van der Waals surface area contributed by atoms with Gasteiger partial charge >= 0.3 is 0 Å². The van der Waals surface area contributed by atoms with Gasteiger partial charge in [-0.25, -0.2) is 13.8 Å². The minimum atomic E-state index is -0.960. The van der Waals surface area contributed by atoms with Crippen LogP contribution in [-0.4, -0.2) is 28.3 Å². The molecule has 9 heteroatoms. The molecule has 5 nitrogen and oxygen atoms in total. The molecule has 0 aliphatic carbocycles. The molecule has 5 rings (SSSR count). The normalized spacial score (nSPS) is 13.6. The lowest BCUT2D eigenvalue weighted by Gasteiger charge is -2.29. The van der Waals surface area contributed by atoms with Crippen molar-refractivity contribution < 1.29 is 8.78 Å². The summed E-state index contributed by atoms with van der Waals surface area (Å²) in [4.78, 5) is 6.70. The summed E-state index contributed by atoms with van der Waals surface area (Å²) in [7, 11) is 0. The molecule has 1 N–H and O–H groups in total. The number of fused-ring (bicyclic) bond motifs is 1. The standard InChI is InChI=1S/C25H20ClF2N5.ClH/c1-14-20-21(15-5-7-16(8-6-15)33-11-3-2-4-12-33)17(13-29)24(30-25(20)32-31-14)22-19(27)10-9-18(26)23(22)28;/h5-10H,2-4,11-12H2,1H3,(H,30,31,32);1H. The van der Waals surface area contributed by atoms with Gasteiger partial charge in [0.15, 0.2) is 11.5 Å². The lowest BCUT2D eigenvalue weighted by atomic mass is 9.92. The Labute approximate surface area is 206 Å². The first kappa shape index (κ1) is 23.9. The summed E-state index contributed by atoms with van der Waals surface area (Å²) >= 11 is 5.92. The molecule has 174 valence electrons. The monoisotopic (exact) mass is 499 g/mol. The van der Waals surface area contributed by atoms with Crippen LogP contribution in [0.2, 0.25) is 5.02 Å². The molecule has 4 aromatic rings. The van der Waals surface area contributed by atoms with E-state index in [4.69, 9.17) is 11.6 Å². The maximum atomic E-state index is 14.9. The Hall–Kier alpha value is -3.21. The van der Waals surface area contributed by atoms with Gasteiger partial charge in [-0.3, -0.25) is 5.10 Å². The Morgan fingerprint density at radius 3 is 2.41 bits per heavy atom. The van der Waals surface area contributed by atoms with E-state index in [0.29, 0.717) is 16.6 Å². The van der Waals surface area contributed by atoms with Crippen LogP contribution in [0.5, 0.6) is 0 Å². The number of aromatic amines is 1. The Morgan fingerprint density at radius 2 is 1.74 bits per heavy atom. The molecule has 1 aliphatic heterocycles. The van der Waals surface area contributed by atoms with Gasteiger partial charge in [-0.1, -0.05) is 23.7 Å². The van der Waals surface area contributed by atoms with Crippen LogP contribution in [0.1, 0.15) is 30.5 Å². The van der Waals surface area contributed by atoms with E-state index in [0.717, 1.165) is 36.5 Å². The van der Waals surface area contributed by atoms with Crippen LogP contribution in [0.15, 0.2) is 36.4 Å². The number of nitriles is 1. The summed E-state index contributed by atoms with van der Waals surface area (Å²) in [6.07, 6.45) is 3.58. The topological polar surface area (TPSA) is 68.6 Å². The fraction of sp³-hybridized carbons (Fsp3) is 0.240. The SMILES string of the molecule is Cc1[nH]nc2nc(-c3c(F)ccc(Cl)c3F)c(C#N)c(-c3ccc(N4CCCCC4)cc3)c12.Cl. The second kappa shape index (κ2) is 9.57. The number of anilines is 1. The summed E-state index contributed by atoms with van der Waals surface area (Å²) in [6, 6.07) is 12.2. The molecule has 0 atom stereocenters. The van der Waals surface area contributed by atoms with Crippen molar-refractivity contribution >= 4 is 40.7 Å². The van der Waals surface area contributed by atoms with Gasteiger partial charge in [0.25, 0.3) is 0 Å². The van der Waals surface area contributed by atoms with Gasteiger partial charge in [-0.05, 0) is 56.0 Å². The minimum Gasteiger partial charge on any atom is -0.372 e. The molecule has 0 spiro atoms. The first-order valence-corrected chi connectivity index (χ1v) is 11.2. The van der Waals surface area contributed by atoms with Crippen molar-refractivity contribution in [2.75, 3.05) is 18.0 Å².